The molecule has 0 unspecified atom stereocenters. The van der Waals surface area contributed by atoms with E-state index in [1.165, 1.54) is 13.2 Å². The molecule has 138 valence electrons. The van der Waals surface area contributed by atoms with Crippen LogP contribution in [0.5, 0.6) is 11.5 Å². The number of ether oxygens (including phenoxy) is 3. The van der Waals surface area contributed by atoms with Crippen molar-refractivity contribution >= 4 is 35.5 Å². The van der Waals surface area contributed by atoms with Crippen LogP contribution in [0.15, 0.2) is 53.2 Å². The Morgan fingerprint density at radius 2 is 2.00 bits per heavy atom. The zero-order valence-electron chi connectivity index (χ0n) is 14.7. The van der Waals surface area contributed by atoms with E-state index in [1.54, 1.807) is 31.2 Å². The lowest BCUT2D eigenvalue weighted by atomic mass is 10.1. The van der Waals surface area contributed by atoms with Crippen molar-refractivity contribution in [1.29, 1.82) is 0 Å². The van der Waals surface area contributed by atoms with Crippen LogP contribution in [0.3, 0.4) is 0 Å². The van der Waals surface area contributed by atoms with Gasteiger partial charge in [0.15, 0.2) is 17.2 Å². The van der Waals surface area contributed by atoms with Crippen molar-refractivity contribution < 1.29 is 23.8 Å². The number of carbonyl (C=O) groups excluding carboxylic acids is 2. The Morgan fingerprint density at radius 1 is 1.26 bits per heavy atom. The molecule has 0 bridgehead atoms. The molecule has 6 nitrogen and oxygen atoms in total. The summed E-state index contributed by atoms with van der Waals surface area (Å²) in [4.78, 5) is 27.9. The van der Waals surface area contributed by atoms with Crippen LogP contribution in [0.2, 0.25) is 5.02 Å². The molecule has 0 N–H and O–H groups in total. The Kier molecular flexibility index (Phi) is 5.57. The zero-order valence-corrected chi connectivity index (χ0v) is 15.4. The van der Waals surface area contributed by atoms with Gasteiger partial charge in [-0.3, -0.25) is 4.79 Å². The molecule has 3 rings (SSSR count). The van der Waals surface area contributed by atoms with Gasteiger partial charge in [0.05, 0.1) is 12.1 Å². The highest BCUT2D eigenvalue weighted by Gasteiger charge is 2.24. The molecule has 1 aliphatic rings. The van der Waals surface area contributed by atoms with Crippen LogP contribution in [0.1, 0.15) is 24.5 Å². The van der Waals surface area contributed by atoms with Crippen LogP contribution in [-0.2, 0) is 14.3 Å². The quantitative estimate of drug-likeness (QED) is 0.441. The highest BCUT2D eigenvalue weighted by atomic mass is 35.5. The van der Waals surface area contributed by atoms with E-state index >= 15 is 0 Å². The summed E-state index contributed by atoms with van der Waals surface area (Å²) in [6, 6.07) is 12.3. The molecule has 2 aromatic rings. The first kappa shape index (κ1) is 18.7. The number of hydrogen-bond acceptors (Lipinski definition) is 6. The van der Waals surface area contributed by atoms with Crippen molar-refractivity contribution in [2.75, 3.05) is 7.11 Å². The molecule has 27 heavy (non-hydrogen) atoms. The van der Waals surface area contributed by atoms with Gasteiger partial charge >= 0.3 is 11.9 Å². The first-order valence-corrected chi connectivity index (χ1v) is 8.55. The minimum atomic E-state index is -0.564. The third-order valence-corrected chi connectivity index (χ3v) is 3.98. The lowest BCUT2D eigenvalue weighted by Crippen LogP contribution is -2.07. The molecule has 0 saturated carbocycles. The summed E-state index contributed by atoms with van der Waals surface area (Å²) in [5.74, 6) is -0.355. The smallest absolute Gasteiger partial charge is 0.363 e. The fraction of sp³-hybridized carbons (Fsp3) is 0.150. The Bertz CT molecular complexity index is 950. The van der Waals surface area contributed by atoms with E-state index in [2.05, 4.69) is 4.99 Å². The van der Waals surface area contributed by atoms with Crippen molar-refractivity contribution in [3.63, 3.8) is 0 Å². The topological polar surface area (TPSA) is 74.2 Å². The largest absolute Gasteiger partial charge is 0.493 e. The van der Waals surface area contributed by atoms with E-state index in [4.69, 9.17) is 25.8 Å². The molecule has 0 fully saturated rings. The number of hydrogen-bond donors (Lipinski definition) is 0. The highest BCUT2D eigenvalue weighted by molar-refractivity contribution is 6.32. The van der Waals surface area contributed by atoms with Crippen LogP contribution in [0.25, 0.3) is 6.08 Å². The number of halogens is 1. The van der Waals surface area contributed by atoms with Crippen molar-refractivity contribution in [3.05, 3.63) is 64.3 Å². The van der Waals surface area contributed by atoms with E-state index in [0.717, 1.165) is 0 Å². The number of methoxy groups -OCH3 is 1. The molecule has 1 aliphatic heterocycles. The third-order valence-electron chi connectivity index (χ3n) is 3.70. The number of rotatable bonds is 5. The summed E-state index contributed by atoms with van der Waals surface area (Å²) in [7, 11) is 1.43. The number of cyclic esters (lactones) is 1. The van der Waals surface area contributed by atoms with Gasteiger partial charge in [-0.1, -0.05) is 36.7 Å². The van der Waals surface area contributed by atoms with Crippen LogP contribution in [0, 0.1) is 0 Å². The standard InChI is InChI=1S/C20H16ClNO5/c1-3-17(23)26-18-14(21)9-12(11-16(18)25-2)10-15-20(24)27-19(22-15)13-7-5-4-6-8-13/h4-11H,3H2,1-2H3/b15-10-. The maximum atomic E-state index is 12.1. The van der Waals surface area contributed by atoms with E-state index in [-0.39, 0.29) is 34.5 Å². The Hall–Kier alpha value is -3.12. The summed E-state index contributed by atoms with van der Waals surface area (Å²) < 4.78 is 15.7. The number of benzene rings is 2. The summed E-state index contributed by atoms with van der Waals surface area (Å²) in [6.07, 6.45) is 1.73. The fourth-order valence-corrected chi connectivity index (χ4v) is 2.64. The maximum Gasteiger partial charge on any atom is 0.363 e. The van der Waals surface area contributed by atoms with Gasteiger partial charge in [-0.05, 0) is 35.9 Å². The Labute approximate surface area is 161 Å². The average Bonchev–Trinajstić information content (AvgIpc) is 3.04. The minimum absolute atomic E-state index is 0.130. The molecule has 0 amide bonds. The second kappa shape index (κ2) is 8.05. The van der Waals surface area contributed by atoms with Crippen molar-refractivity contribution in [2.45, 2.75) is 13.3 Å². The van der Waals surface area contributed by atoms with Crippen LogP contribution in [0.4, 0.5) is 0 Å². The molecular weight excluding hydrogens is 370 g/mol. The molecule has 0 atom stereocenters. The molecule has 0 aliphatic carbocycles. The summed E-state index contributed by atoms with van der Waals surface area (Å²) >= 11 is 6.22. The minimum Gasteiger partial charge on any atom is -0.493 e. The average molecular weight is 386 g/mol. The van der Waals surface area contributed by atoms with Gasteiger partial charge in [-0.15, -0.1) is 0 Å². The van der Waals surface area contributed by atoms with Crippen molar-refractivity contribution in [1.82, 2.24) is 0 Å². The second-order valence-electron chi connectivity index (χ2n) is 5.56. The second-order valence-corrected chi connectivity index (χ2v) is 5.97. The molecule has 7 heteroatoms. The SMILES string of the molecule is CCC(=O)Oc1c(Cl)cc(/C=C2\N=C(c3ccccc3)OC2=O)cc1OC. The third kappa shape index (κ3) is 4.17. The van der Waals surface area contributed by atoms with E-state index in [0.29, 0.717) is 11.1 Å². The van der Waals surface area contributed by atoms with Gasteiger partial charge < -0.3 is 14.2 Å². The van der Waals surface area contributed by atoms with Crippen LogP contribution in [-0.4, -0.2) is 24.9 Å². The normalized spacial score (nSPS) is 14.7. The number of aliphatic imine (C=N–C) groups is 1. The van der Waals surface area contributed by atoms with E-state index < -0.39 is 11.9 Å². The van der Waals surface area contributed by atoms with Crippen LogP contribution < -0.4 is 9.47 Å². The molecule has 0 aromatic heterocycles. The predicted molar refractivity (Wildman–Crippen MR) is 101 cm³/mol. The van der Waals surface area contributed by atoms with Gasteiger partial charge in [0.25, 0.3) is 0 Å². The fourth-order valence-electron chi connectivity index (χ4n) is 2.38. The molecule has 2 aromatic carbocycles. The van der Waals surface area contributed by atoms with Gasteiger partial charge in [0.1, 0.15) is 0 Å². The van der Waals surface area contributed by atoms with Gasteiger partial charge in [0.2, 0.25) is 5.90 Å². The van der Waals surface area contributed by atoms with E-state index in [1.807, 2.05) is 18.2 Å². The molecular formula is C20H16ClNO5. The van der Waals surface area contributed by atoms with E-state index in [9.17, 15) is 9.59 Å². The molecule has 0 spiro atoms. The van der Waals surface area contributed by atoms with Gasteiger partial charge in [-0.2, -0.15) is 0 Å². The monoisotopic (exact) mass is 385 g/mol. The van der Waals surface area contributed by atoms with Crippen molar-refractivity contribution in [3.8, 4) is 11.5 Å². The van der Waals surface area contributed by atoms with Gasteiger partial charge in [-0.25, -0.2) is 9.79 Å². The van der Waals surface area contributed by atoms with Gasteiger partial charge in [0, 0.05) is 12.0 Å². The number of esters is 2. The first-order chi connectivity index (χ1) is 13.0. The molecule has 0 radical (unpaired) electrons. The lowest BCUT2D eigenvalue weighted by molar-refractivity contribution is -0.134. The lowest BCUT2D eigenvalue weighted by Gasteiger charge is -2.11. The maximum absolute atomic E-state index is 12.1. The van der Waals surface area contributed by atoms with Crippen LogP contribution >= 0.6 is 11.6 Å². The molecule has 0 saturated heterocycles. The van der Waals surface area contributed by atoms with Crippen molar-refractivity contribution in [2.24, 2.45) is 4.99 Å². The predicted octanol–water partition coefficient (Wildman–Crippen LogP) is 4.01. The molecule has 1 heterocycles. The zero-order chi connectivity index (χ0) is 19.4. The Balaban J connectivity index is 1.95. The summed E-state index contributed by atoms with van der Waals surface area (Å²) in [6.45, 7) is 1.68. The summed E-state index contributed by atoms with van der Waals surface area (Å²) in [5.41, 5.74) is 1.38. The highest BCUT2D eigenvalue weighted by Crippen LogP contribution is 2.37. The summed E-state index contributed by atoms with van der Waals surface area (Å²) in [5, 5.41) is 0.182. The number of nitrogens with zero attached hydrogens (tertiary/aromatic N) is 1. The Morgan fingerprint density at radius 3 is 2.67 bits per heavy atom. The number of carbonyl (C=O) groups is 2. The first-order valence-electron chi connectivity index (χ1n) is 8.18.